The largest absolute Gasteiger partial charge is 0.454 e. The SMILES string of the molecule is CC(OC(=O)c1ccccc1)c1c2ccc(=N)c(Br)c-2oc2c(Br)c(N)ccc12.Cl. The first kappa shape index (κ1) is 22.3. The van der Waals surface area contributed by atoms with Gasteiger partial charge >= 0.3 is 5.97 Å². The van der Waals surface area contributed by atoms with Gasteiger partial charge in [-0.25, -0.2) is 4.79 Å². The van der Waals surface area contributed by atoms with E-state index in [1.807, 2.05) is 19.1 Å². The van der Waals surface area contributed by atoms with Gasteiger partial charge in [-0.3, -0.25) is 5.41 Å². The van der Waals surface area contributed by atoms with Crippen LogP contribution in [0.2, 0.25) is 0 Å². The molecule has 0 amide bonds. The molecule has 1 heterocycles. The van der Waals surface area contributed by atoms with Crippen LogP contribution in [0.1, 0.15) is 28.9 Å². The number of anilines is 1. The van der Waals surface area contributed by atoms with Crippen LogP contribution < -0.4 is 11.1 Å². The van der Waals surface area contributed by atoms with Crippen LogP contribution in [0.3, 0.4) is 0 Å². The molecule has 3 N–H and O–H groups in total. The van der Waals surface area contributed by atoms with Crippen molar-refractivity contribution in [3.8, 4) is 11.3 Å². The topological polar surface area (TPSA) is 89.3 Å². The molecule has 0 aromatic heterocycles. The maximum absolute atomic E-state index is 12.6. The number of halogens is 3. The molecule has 1 atom stereocenters. The Balaban J connectivity index is 0.00000256. The highest BCUT2D eigenvalue weighted by atomic mass is 79.9. The van der Waals surface area contributed by atoms with E-state index in [0.717, 1.165) is 16.5 Å². The van der Waals surface area contributed by atoms with Gasteiger partial charge in [0.05, 0.1) is 19.9 Å². The first-order valence-electron chi connectivity index (χ1n) is 8.82. The Morgan fingerprint density at radius 2 is 1.77 bits per heavy atom. The monoisotopic (exact) mass is 550 g/mol. The Kier molecular flexibility index (Phi) is 6.55. The maximum Gasteiger partial charge on any atom is 0.338 e. The molecule has 0 radical (unpaired) electrons. The average Bonchev–Trinajstić information content (AvgIpc) is 2.73. The van der Waals surface area contributed by atoms with E-state index in [2.05, 4.69) is 31.9 Å². The number of nitrogen functional groups attached to an aromatic ring is 1. The second-order valence-electron chi connectivity index (χ2n) is 6.58. The number of benzene rings is 3. The van der Waals surface area contributed by atoms with Crippen LogP contribution in [-0.4, -0.2) is 5.97 Å². The second-order valence-corrected chi connectivity index (χ2v) is 8.16. The molecule has 0 saturated carbocycles. The lowest BCUT2D eigenvalue weighted by atomic mass is 9.95. The van der Waals surface area contributed by atoms with Crippen LogP contribution in [0.5, 0.6) is 0 Å². The zero-order valence-electron chi connectivity index (χ0n) is 15.7. The smallest absolute Gasteiger partial charge is 0.338 e. The molecule has 1 aliphatic heterocycles. The van der Waals surface area contributed by atoms with Crippen LogP contribution in [0.25, 0.3) is 22.3 Å². The van der Waals surface area contributed by atoms with Gasteiger partial charge in [0.1, 0.15) is 6.10 Å². The minimum absolute atomic E-state index is 0. The van der Waals surface area contributed by atoms with E-state index in [4.69, 9.17) is 20.3 Å². The van der Waals surface area contributed by atoms with E-state index in [-0.39, 0.29) is 12.4 Å². The number of ether oxygens (including phenoxy) is 1. The van der Waals surface area contributed by atoms with Crippen molar-refractivity contribution in [1.29, 1.82) is 5.41 Å². The Bertz CT molecular complexity index is 1280. The molecule has 2 aromatic rings. The summed E-state index contributed by atoms with van der Waals surface area (Å²) >= 11 is 6.94. The standard InChI is InChI=1S/C22H16Br2N2O3.ClH/c1-11(28-22(27)12-5-3-2-4-6-12)17-13-7-9-15(25)18(23)20(13)29-21-14(17)8-10-16(26)19(21)24;/h2-11,25H,26H2,1H3;1H. The van der Waals surface area contributed by atoms with Crippen LogP contribution in [0.4, 0.5) is 5.69 Å². The lowest BCUT2D eigenvalue weighted by Gasteiger charge is -2.22. The molecule has 8 heteroatoms. The molecular formula is C22H17Br2ClN2O3. The zero-order valence-corrected chi connectivity index (χ0v) is 19.7. The average molecular weight is 553 g/mol. The first-order valence-corrected chi connectivity index (χ1v) is 10.4. The van der Waals surface area contributed by atoms with E-state index < -0.39 is 12.1 Å². The van der Waals surface area contributed by atoms with E-state index >= 15 is 0 Å². The number of nitrogens with one attached hydrogen (secondary N) is 1. The number of hydrogen-bond donors (Lipinski definition) is 2. The van der Waals surface area contributed by atoms with E-state index in [1.165, 1.54) is 0 Å². The first-order chi connectivity index (χ1) is 13.9. The van der Waals surface area contributed by atoms with Crippen LogP contribution in [0.15, 0.2) is 68.0 Å². The van der Waals surface area contributed by atoms with Crippen molar-refractivity contribution in [1.82, 2.24) is 0 Å². The number of rotatable bonds is 3. The van der Waals surface area contributed by atoms with E-state index in [1.54, 1.807) is 42.5 Å². The number of carbonyl (C=O) groups excluding carboxylic acids is 1. The Hall–Kier alpha value is -2.35. The highest BCUT2D eigenvalue weighted by molar-refractivity contribution is 9.11. The normalized spacial score (nSPS) is 11.8. The molecule has 2 aliphatic rings. The van der Waals surface area contributed by atoms with Gasteiger partial charge in [0.25, 0.3) is 0 Å². The molecule has 1 aliphatic carbocycles. The van der Waals surface area contributed by atoms with Gasteiger partial charge in [-0.15, -0.1) is 12.4 Å². The van der Waals surface area contributed by atoms with E-state index in [0.29, 0.717) is 36.9 Å². The summed E-state index contributed by atoms with van der Waals surface area (Å²) in [5.41, 5.74) is 9.11. The van der Waals surface area contributed by atoms with Gasteiger partial charge in [0.15, 0.2) is 11.3 Å². The van der Waals surface area contributed by atoms with Crippen molar-refractivity contribution in [2.45, 2.75) is 13.0 Å². The summed E-state index contributed by atoms with van der Waals surface area (Å²) in [6.45, 7) is 1.82. The zero-order chi connectivity index (χ0) is 20.7. The minimum atomic E-state index is -0.567. The Morgan fingerprint density at radius 3 is 2.47 bits per heavy atom. The van der Waals surface area contributed by atoms with Crippen molar-refractivity contribution in [3.05, 3.63) is 80.0 Å². The molecular weight excluding hydrogens is 536 g/mol. The second kappa shape index (κ2) is 8.79. The third-order valence-electron chi connectivity index (χ3n) is 4.71. The van der Waals surface area contributed by atoms with Gasteiger partial charge < -0.3 is 14.9 Å². The molecule has 30 heavy (non-hydrogen) atoms. The number of esters is 1. The third kappa shape index (κ3) is 3.85. The van der Waals surface area contributed by atoms with Crippen molar-refractivity contribution < 1.29 is 13.9 Å². The fraction of sp³-hybridized carbons (Fsp3) is 0.0909. The molecule has 0 spiro atoms. The number of fused-ring (bicyclic) bond motifs is 2. The van der Waals surface area contributed by atoms with Gasteiger partial charge in [0.2, 0.25) is 0 Å². The van der Waals surface area contributed by atoms with Crippen LogP contribution >= 0.6 is 44.3 Å². The number of hydrogen-bond acceptors (Lipinski definition) is 5. The predicted molar refractivity (Wildman–Crippen MR) is 126 cm³/mol. The fourth-order valence-electron chi connectivity index (χ4n) is 3.30. The van der Waals surface area contributed by atoms with Crippen LogP contribution in [0, 0.1) is 5.41 Å². The Labute approximate surface area is 195 Å². The Morgan fingerprint density at radius 1 is 1.07 bits per heavy atom. The summed E-state index contributed by atoms with van der Waals surface area (Å²) in [6, 6.07) is 16.0. The third-order valence-corrected chi connectivity index (χ3v) is 6.31. The lowest BCUT2D eigenvalue weighted by Crippen LogP contribution is -2.12. The molecule has 0 saturated heterocycles. The number of carbonyl (C=O) groups is 1. The summed E-state index contributed by atoms with van der Waals surface area (Å²) in [5.74, 6) is 0.0831. The predicted octanol–water partition coefficient (Wildman–Crippen LogP) is 6.46. The molecule has 0 fully saturated rings. The highest BCUT2D eigenvalue weighted by Crippen LogP contribution is 2.43. The summed E-state index contributed by atoms with van der Waals surface area (Å²) in [7, 11) is 0. The lowest BCUT2D eigenvalue weighted by molar-refractivity contribution is 0.0341. The molecule has 154 valence electrons. The van der Waals surface area contributed by atoms with Crippen molar-refractivity contribution in [2.75, 3.05) is 5.73 Å². The summed E-state index contributed by atoms with van der Waals surface area (Å²) in [5, 5.41) is 9.15. The molecule has 5 nitrogen and oxygen atoms in total. The van der Waals surface area contributed by atoms with Gasteiger partial charge in [0, 0.05) is 22.2 Å². The summed E-state index contributed by atoms with van der Waals surface area (Å²) < 4.78 is 13.0. The minimum Gasteiger partial charge on any atom is -0.454 e. The molecule has 2 aromatic carbocycles. The molecule has 0 bridgehead atoms. The van der Waals surface area contributed by atoms with Gasteiger partial charge in [-0.1, -0.05) is 18.2 Å². The number of nitrogens with two attached hydrogens (primary N) is 1. The highest BCUT2D eigenvalue weighted by Gasteiger charge is 2.26. The summed E-state index contributed by atoms with van der Waals surface area (Å²) in [4.78, 5) is 12.6. The van der Waals surface area contributed by atoms with Gasteiger partial charge in [-0.05, 0) is 75.2 Å². The molecule has 1 unspecified atom stereocenters. The van der Waals surface area contributed by atoms with Crippen molar-refractivity contribution >= 4 is 66.9 Å². The van der Waals surface area contributed by atoms with Crippen LogP contribution in [-0.2, 0) is 4.74 Å². The fourth-order valence-corrected chi connectivity index (χ4v) is 4.15. The van der Waals surface area contributed by atoms with Crippen molar-refractivity contribution in [2.24, 2.45) is 0 Å². The maximum atomic E-state index is 12.6. The molecule has 4 rings (SSSR count). The van der Waals surface area contributed by atoms with Gasteiger partial charge in [-0.2, -0.15) is 0 Å². The van der Waals surface area contributed by atoms with Crippen molar-refractivity contribution in [3.63, 3.8) is 0 Å². The quantitative estimate of drug-likeness (QED) is 0.173. The van der Waals surface area contributed by atoms with E-state index in [9.17, 15) is 4.79 Å². The summed E-state index contributed by atoms with van der Waals surface area (Å²) in [6.07, 6.45) is -0.567.